The Kier molecular flexibility index (Phi) is 4.04. The number of aliphatic imine (C=N–C) groups is 1. The molecule has 0 spiro atoms. The average molecular weight is 322 g/mol. The van der Waals surface area contributed by atoms with Gasteiger partial charge < -0.3 is 4.90 Å². The number of anilines is 1. The highest BCUT2D eigenvalue weighted by molar-refractivity contribution is 5.90. The van der Waals surface area contributed by atoms with Crippen molar-refractivity contribution in [2.75, 3.05) is 11.9 Å². The minimum absolute atomic E-state index is 0.000689. The molecule has 2 aromatic rings. The molecule has 124 valence electrons. The molecule has 2 aromatic carbocycles. The van der Waals surface area contributed by atoms with Crippen LogP contribution in [-0.2, 0) is 0 Å². The summed E-state index contributed by atoms with van der Waals surface area (Å²) in [5.74, 6) is -0.269. The smallest absolute Gasteiger partial charge is 0.125 e. The molecule has 2 nitrogen and oxygen atoms in total. The van der Waals surface area contributed by atoms with E-state index in [-0.39, 0.29) is 11.4 Å². The van der Waals surface area contributed by atoms with Crippen LogP contribution in [0.2, 0.25) is 0 Å². The van der Waals surface area contributed by atoms with E-state index in [4.69, 9.17) is 0 Å². The van der Waals surface area contributed by atoms with Crippen LogP contribution < -0.4 is 4.90 Å². The van der Waals surface area contributed by atoms with Gasteiger partial charge in [0.2, 0.25) is 0 Å². The molecule has 0 saturated heterocycles. The molecule has 0 radical (unpaired) electrons. The highest BCUT2D eigenvalue weighted by Crippen LogP contribution is 2.39. The van der Waals surface area contributed by atoms with Crippen molar-refractivity contribution in [1.82, 2.24) is 0 Å². The molecule has 1 aliphatic rings. The number of aryl methyl sites for hydroxylation is 1. The van der Waals surface area contributed by atoms with Crippen LogP contribution >= 0.6 is 0 Å². The van der Waals surface area contributed by atoms with Gasteiger partial charge in [-0.2, -0.15) is 0 Å². The van der Waals surface area contributed by atoms with E-state index >= 15 is 0 Å². The van der Waals surface area contributed by atoms with Crippen molar-refractivity contribution in [2.24, 2.45) is 4.99 Å². The SMILES string of the molecule is CC1=CC(C)(C)N(C)c2cc(C)c(C=Nc3cccc(F)c3)cc21. The zero-order valence-corrected chi connectivity index (χ0v) is 14.9. The molecule has 0 aliphatic carbocycles. The highest BCUT2D eigenvalue weighted by Gasteiger charge is 2.28. The summed E-state index contributed by atoms with van der Waals surface area (Å²) >= 11 is 0. The molecule has 3 rings (SSSR count). The monoisotopic (exact) mass is 322 g/mol. The second-order valence-electron chi connectivity index (χ2n) is 7.00. The molecule has 0 aromatic heterocycles. The van der Waals surface area contributed by atoms with Crippen LogP contribution in [0.5, 0.6) is 0 Å². The van der Waals surface area contributed by atoms with Gasteiger partial charge in [0, 0.05) is 24.5 Å². The van der Waals surface area contributed by atoms with Crippen LogP contribution in [0.25, 0.3) is 5.57 Å². The highest BCUT2D eigenvalue weighted by atomic mass is 19.1. The van der Waals surface area contributed by atoms with Crippen molar-refractivity contribution in [3.05, 3.63) is 65.0 Å². The average Bonchev–Trinajstić information content (AvgIpc) is 2.51. The van der Waals surface area contributed by atoms with E-state index in [9.17, 15) is 4.39 Å². The number of hydrogen-bond acceptors (Lipinski definition) is 2. The lowest BCUT2D eigenvalue weighted by Gasteiger charge is -2.41. The van der Waals surface area contributed by atoms with Crippen molar-refractivity contribution >= 4 is 23.2 Å². The molecular weight excluding hydrogens is 299 g/mol. The minimum Gasteiger partial charge on any atom is -0.365 e. The summed E-state index contributed by atoms with van der Waals surface area (Å²) in [4.78, 5) is 6.72. The number of hydrogen-bond donors (Lipinski definition) is 0. The summed E-state index contributed by atoms with van der Waals surface area (Å²) in [6.07, 6.45) is 4.11. The number of fused-ring (bicyclic) bond motifs is 1. The number of benzene rings is 2. The number of halogens is 1. The quantitative estimate of drug-likeness (QED) is 0.665. The lowest BCUT2D eigenvalue weighted by Crippen LogP contribution is -2.42. The molecule has 1 heterocycles. The first-order valence-corrected chi connectivity index (χ1v) is 8.16. The zero-order chi connectivity index (χ0) is 17.5. The lowest BCUT2D eigenvalue weighted by molar-refractivity contribution is 0.597. The summed E-state index contributed by atoms with van der Waals surface area (Å²) in [6, 6.07) is 10.7. The molecule has 0 N–H and O–H groups in total. The van der Waals surface area contributed by atoms with Gasteiger partial charge in [-0.1, -0.05) is 12.1 Å². The number of allylic oxidation sites excluding steroid dienone is 1. The van der Waals surface area contributed by atoms with Crippen molar-refractivity contribution in [3.63, 3.8) is 0 Å². The minimum atomic E-state index is -0.269. The fourth-order valence-electron chi connectivity index (χ4n) is 3.16. The van der Waals surface area contributed by atoms with Gasteiger partial charge >= 0.3 is 0 Å². The third-order valence-corrected chi connectivity index (χ3v) is 4.77. The van der Waals surface area contributed by atoms with E-state index in [1.54, 1.807) is 12.1 Å². The van der Waals surface area contributed by atoms with Crippen LogP contribution in [0.15, 0.2) is 47.5 Å². The van der Waals surface area contributed by atoms with Crippen LogP contribution in [0, 0.1) is 12.7 Å². The van der Waals surface area contributed by atoms with E-state index in [1.165, 1.54) is 29.0 Å². The maximum Gasteiger partial charge on any atom is 0.125 e. The van der Waals surface area contributed by atoms with E-state index in [1.807, 2.05) is 6.21 Å². The Labute approximate surface area is 143 Å². The Hall–Kier alpha value is -2.42. The lowest BCUT2D eigenvalue weighted by atomic mass is 9.87. The Morgan fingerprint density at radius 2 is 1.88 bits per heavy atom. The van der Waals surface area contributed by atoms with Gasteiger partial charge in [-0.3, -0.25) is 4.99 Å². The number of rotatable bonds is 2. The van der Waals surface area contributed by atoms with E-state index < -0.39 is 0 Å². The summed E-state index contributed by atoms with van der Waals surface area (Å²) in [5, 5.41) is 0. The molecule has 0 amide bonds. The summed E-state index contributed by atoms with van der Waals surface area (Å²) in [7, 11) is 2.13. The van der Waals surface area contributed by atoms with Crippen LogP contribution in [-0.4, -0.2) is 18.8 Å². The number of likely N-dealkylation sites (N-methyl/N-ethyl adjacent to an activating group) is 1. The van der Waals surface area contributed by atoms with Crippen molar-refractivity contribution < 1.29 is 4.39 Å². The normalized spacial score (nSPS) is 16.2. The van der Waals surface area contributed by atoms with Crippen LogP contribution in [0.1, 0.15) is 37.5 Å². The Balaban J connectivity index is 2.02. The fraction of sp³-hybridized carbons (Fsp3) is 0.286. The first-order valence-electron chi connectivity index (χ1n) is 8.16. The summed E-state index contributed by atoms with van der Waals surface area (Å²) in [6.45, 7) is 8.67. The Bertz CT molecular complexity index is 847. The summed E-state index contributed by atoms with van der Waals surface area (Å²) in [5.41, 5.74) is 6.57. The first kappa shape index (κ1) is 16.4. The predicted octanol–water partition coefficient (Wildman–Crippen LogP) is 5.52. The Morgan fingerprint density at radius 1 is 1.12 bits per heavy atom. The van der Waals surface area contributed by atoms with Crippen LogP contribution in [0.3, 0.4) is 0 Å². The molecule has 24 heavy (non-hydrogen) atoms. The van der Waals surface area contributed by atoms with Crippen LogP contribution in [0.4, 0.5) is 15.8 Å². The van der Waals surface area contributed by atoms with E-state index in [0.29, 0.717) is 5.69 Å². The van der Waals surface area contributed by atoms with Crippen molar-refractivity contribution in [3.8, 4) is 0 Å². The largest absolute Gasteiger partial charge is 0.365 e. The number of nitrogens with zero attached hydrogens (tertiary/aromatic N) is 2. The molecular formula is C21H23FN2. The van der Waals surface area contributed by atoms with Gasteiger partial charge in [-0.15, -0.1) is 0 Å². The topological polar surface area (TPSA) is 15.6 Å². The van der Waals surface area contributed by atoms with Gasteiger partial charge in [-0.25, -0.2) is 4.39 Å². The molecule has 0 bridgehead atoms. The molecule has 0 atom stereocenters. The molecule has 0 saturated carbocycles. The van der Waals surface area contributed by atoms with Crippen molar-refractivity contribution in [2.45, 2.75) is 33.2 Å². The van der Waals surface area contributed by atoms with E-state index in [0.717, 1.165) is 11.1 Å². The van der Waals surface area contributed by atoms with Gasteiger partial charge in [0.1, 0.15) is 5.82 Å². The maximum atomic E-state index is 13.3. The Morgan fingerprint density at radius 3 is 2.58 bits per heavy atom. The van der Waals surface area contributed by atoms with Gasteiger partial charge in [-0.05, 0) is 74.7 Å². The van der Waals surface area contributed by atoms with Gasteiger partial charge in [0.15, 0.2) is 0 Å². The second kappa shape index (κ2) is 5.90. The molecule has 3 heteroatoms. The summed E-state index contributed by atoms with van der Waals surface area (Å²) < 4.78 is 13.3. The zero-order valence-electron chi connectivity index (χ0n) is 14.9. The third kappa shape index (κ3) is 2.99. The standard InChI is InChI=1S/C21H23FN2/c1-14-9-20-19(15(2)12-21(3,4)24(20)5)10-16(14)13-23-18-8-6-7-17(22)11-18/h6-13H,1-5H3. The maximum absolute atomic E-state index is 13.3. The molecule has 0 unspecified atom stereocenters. The molecule has 1 aliphatic heterocycles. The van der Waals surface area contributed by atoms with Crippen molar-refractivity contribution in [1.29, 1.82) is 0 Å². The first-order chi connectivity index (χ1) is 11.3. The molecule has 0 fully saturated rings. The van der Waals surface area contributed by atoms with E-state index in [2.05, 4.69) is 62.8 Å². The predicted molar refractivity (Wildman–Crippen MR) is 101 cm³/mol. The van der Waals surface area contributed by atoms with Gasteiger partial charge in [0.25, 0.3) is 0 Å². The van der Waals surface area contributed by atoms with Gasteiger partial charge in [0.05, 0.1) is 11.2 Å². The second-order valence-corrected chi connectivity index (χ2v) is 7.00. The fourth-order valence-corrected chi connectivity index (χ4v) is 3.16. The third-order valence-electron chi connectivity index (χ3n) is 4.77.